The Morgan fingerprint density at radius 1 is 1.58 bits per heavy atom. The summed E-state index contributed by atoms with van der Waals surface area (Å²) < 4.78 is 10.1. The van der Waals surface area contributed by atoms with Gasteiger partial charge in [0.25, 0.3) is 0 Å². The van der Waals surface area contributed by atoms with Gasteiger partial charge in [-0.1, -0.05) is 13.8 Å². The molecule has 1 unspecified atom stereocenters. The number of ether oxygens (including phenoxy) is 1. The summed E-state index contributed by atoms with van der Waals surface area (Å²) in [7, 11) is 1.35. The maximum atomic E-state index is 11.3. The first-order valence-corrected chi connectivity index (χ1v) is 6.57. The lowest BCUT2D eigenvalue weighted by atomic mass is 9.80. The van der Waals surface area contributed by atoms with E-state index >= 15 is 0 Å². The van der Waals surface area contributed by atoms with Gasteiger partial charge < -0.3 is 14.9 Å². The smallest absolute Gasteiger partial charge is 0.373 e. The summed E-state index contributed by atoms with van der Waals surface area (Å²) in [5, 5.41) is 0. The van der Waals surface area contributed by atoms with E-state index in [0.29, 0.717) is 6.54 Å². The van der Waals surface area contributed by atoms with Crippen LogP contribution in [0.2, 0.25) is 0 Å². The van der Waals surface area contributed by atoms with Gasteiger partial charge in [-0.15, -0.1) is 0 Å². The van der Waals surface area contributed by atoms with Crippen LogP contribution in [0.3, 0.4) is 0 Å². The quantitative estimate of drug-likeness (QED) is 0.842. The van der Waals surface area contributed by atoms with E-state index in [1.54, 1.807) is 6.07 Å². The molecule has 5 nitrogen and oxygen atoms in total. The number of hydrogen-bond donors (Lipinski definition) is 1. The number of methoxy groups -OCH3 is 1. The molecule has 1 saturated heterocycles. The highest BCUT2D eigenvalue weighted by molar-refractivity contribution is 5.86. The molecule has 0 saturated carbocycles. The van der Waals surface area contributed by atoms with Gasteiger partial charge in [0, 0.05) is 19.1 Å². The molecule has 0 aromatic carbocycles. The zero-order chi connectivity index (χ0) is 14.0. The van der Waals surface area contributed by atoms with E-state index in [2.05, 4.69) is 23.5 Å². The Balaban J connectivity index is 1.98. The van der Waals surface area contributed by atoms with Gasteiger partial charge in [0.15, 0.2) is 0 Å². The molecule has 1 aliphatic rings. The van der Waals surface area contributed by atoms with E-state index in [-0.39, 0.29) is 17.2 Å². The molecule has 0 aliphatic carbocycles. The Kier molecular flexibility index (Phi) is 3.96. The Labute approximate surface area is 113 Å². The molecule has 1 atom stereocenters. The minimum atomic E-state index is -0.438. The van der Waals surface area contributed by atoms with Crippen LogP contribution in [0.15, 0.2) is 16.5 Å². The van der Waals surface area contributed by atoms with Crippen LogP contribution in [-0.4, -0.2) is 37.1 Å². The van der Waals surface area contributed by atoms with E-state index in [9.17, 15) is 4.79 Å². The van der Waals surface area contributed by atoms with Crippen LogP contribution in [0.25, 0.3) is 0 Å². The molecule has 106 valence electrons. The van der Waals surface area contributed by atoms with E-state index < -0.39 is 5.97 Å². The summed E-state index contributed by atoms with van der Waals surface area (Å²) in [6, 6.07) is 3.72. The van der Waals surface area contributed by atoms with Crippen LogP contribution >= 0.6 is 0 Å². The lowest BCUT2D eigenvalue weighted by molar-refractivity contribution is 0.0553. The Morgan fingerprint density at radius 3 is 2.95 bits per heavy atom. The number of likely N-dealkylation sites (tertiary alicyclic amines) is 1. The molecule has 1 aliphatic heterocycles. The minimum Gasteiger partial charge on any atom is -0.463 e. The van der Waals surface area contributed by atoms with Gasteiger partial charge >= 0.3 is 5.97 Å². The molecule has 0 spiro atoms. The van der Waals surface area contributed by atoms with Crippen molar-refractivity contribution < 1.29 is 13.9 Å². The molecule has 2 rings (SSSR count). The summed E-state index contributed by atoms with van der Waals surface area (Å²) in [4.78, 5) is 13.6. The molecular formula is C14H22N2O3. The monoisotopic (exact) mass is 266 g/mol. The predicted molar refractivity (Wildman–Crippen MR) is 71.7 cm³/mol. The molecule has 1 fully saturated rings. The molecule has 0 bridgehead atoms. The summed E-state index contributed by atoms with van der Waals surface area (Å²) in [6.45, 7) is 6.96. The first-order chi connectivity index (χ1) is 8.92. The zero-order valence-electron chi connectivity index (χ0n) is 11.8. The summed E-state index contributed by atoms with van der Waals surface area (Å²) in [5.74, 6) is 0.601. The number of nitrogens with two attached hydrogens (primary N) is 1. The normalized spacial score (nSPS) is 23.3. The second kappa shape index (κ2) is 5.35. The highest BCUT2D eigenvalue weighted by Crippen LogP contribution is 2.28. The first-order valence-electron chi connectivity index (χ1n) is 6.57. The van der Waals surface area contributed by atoms with Gasteiger partial charge in [0.2, 0.25) is 5.76 Å². The maximum Gasteiger partial charge on any atom is 0.373 e. The number of carbonyl (C=O) groups excluding carboxylic acids is 1. The Hall–Kier alpha value is -1.33. The van der Waals surface area contributed by atoms with E-state index in [4.69, 9.17) is 10.2 Å². The van der Waals surface area contributed by atoms with Gasteiger partial charge in [-0.05, 0) is 24.0 Å². The molecule has 5 heteroatoms. The fraction of sp³-hybridized carbons (Fsp3) is 0.643. The number of hydrogen-bond acceptors (Lipinski definition) is 5. The SMILES string of the molecule is COC(=O)c1ccc(CN2CCC(N)C(C)(C)C2)o1. The van der Waals surface area contributed by atoms with Crippen LogP contribution in [0.4, 0.5) is 0 Å². The first kappa shape index (κ1) is 14.1. The molecule has 2 N–H and O–H groups in total. The molecule has 0 radical (unpaired) electrons. The number of furan rings is 1. The Morgan fingerprint density at radius 2 is 2.32 bits per heavy atom. The van der Waals surface area contributed by atoms with Crippen molar-refractivity contribution in [1.82, 2.24) is 4.90 Å². The third-order valence-corrected chi connectivity index (χ3v) is 3.82. The number of nitrogens with zero attached hydrogens (tertiary/aromatic N) is 1. The minimum absolute atomic E-state index is 0.107. The summed E-state index contributed by atoms with van der Waals surface area (Å²) in [5.41, 5.74) is 6.23. The molecular weight excluding hydrogens is 244 g/mol. The van der Waals surface area contributed by atoms with Crippen molar-refractivity contribution in [3.8, 4) is 0 Å². The van der Waals surface area contributed by atoms with Crippen LogP contribution < -0.4 is 5.73 Å². The standard InChI is InChI=1S/C14H22N2O3/c1-14(2)9-16(7-6-12(14)15)8-10-4-5-11(19-10)13(17)18-3/h4-5,12H,6-9,15H2,1-3H3. The highest BCUT2D eigenvalue weighted by atomic mass is 16.5. The van der Waals surface area contributed by atoms with Crippen molar-refractivity contribution in [1.29, 1.82) is 0 Å². The molecule has 1 aromatic rings. The molecule has 1 aromatic heterocycles. The van der Waals surface area contributed by atoms with Crippen LogP contribution in [-0.2, 0) is 11.3 Å². The molecule has 2 heterocycles. The lowest BCUT2D eigenvalue weighted by Gasteiger charge is -2.42. The molecule has 0 amide bonds. The van der Waals surface area contributed by atoms with E-state index in [1.807, 2.05) is 6.07 Å². The van der Waals surface area contributed by atoms with Crippen LogP contribution in [0, 0.1) is 5.41 Å². The van der Waals surface area contributed by atoms with Crippen molar-refractivity contribution in [3.63, 3.8) is 0 Å². The maximum absolute atomic E-state index is 11.3. The van der Waals surface area contributed by atoms with Gasteiger partial charge in [-0.3, -0.25) is 4.90 Å². The van der Waals surface area contributed by atoms with E-state index in [1.165, 1.54) is 7.11 Å². The zero-order valence-corrected chi connectivity index (χ0v) is 11.8. The fourth-order valence-electron chi connectivity index (χ4n) is 2.51. The van der Waals surface area contributed by atoms with Crippen LogP contribution in [0.1, 0.15) is 36.6 Å². The number of esters is 1. The number of carbonyl (C=O) groups is 1. The second-order valence-electron chi connectivity index (χ2n) is 5.85. The number of rotatable bonds is 3. The highest BCUT2D eigenvalue weighted by Gasteiger charge is 2.33. The largest absolute Gasteiger partial charge is 0.463 e. The van der Waals surface area contributed by atoms with Crippen molar-refractivity contribution >= 4 is 5.97 Å². The van der Waals surface area contributed by atoms with Crippen molar-refractivity contribution in [3.05, 3.63) is 23.7 Å². The van der Waals surface area contributed by atoms with Crippen molar-refractivity contribution in [2.45, 2.75) is 32.9 Å². The fourth-order valence-corrected chi connectivity index (χ4v) is 2.51. The predicted octanol–water partition coefficient (Wildman–Crippen LogP) is 1.63. The third kappa shape index (κ3) is 3.16. The third-order valence-electron chi connectivity index (χ3n) is 3.82. The Bertz CT molecular complexity index is 453. The van der Waals surface area contributed by atoms with E-state index in [0.717, 1.165) is 25.3 Å². The molecule has 19 heavy (non-hydrogen) atoms. The van der Waals surface area contributed by atoms with Gasteiger partial charge in [0.05, 0.1) is 13.7 Å². The average Bonchev–Trinajstić information content (AvgIpc) is 2.81. The average molecular weight is 266 g/mol. The van der Waals surface area contributed by atoms with Gasteiger partial charge in [0.1, 0.15) is 5.76 Å². The van der Waals surface area contributed by atoms with Crippen LogP contribution in [0.5, 0.6) is 0 Å². The summed E-state index contributed by atoms with van der Waals surface area (Å²) in [6.07, 6.45) is 0.984. The second-order valence-corrected chi connectivity index (χ2v) is 5.85. The van der Waals surface area contributed by atoms with Crippen molar-refractivity contribution in [2.24, 2.45) is 11.1 Å². The van der Waals surface area contributed by atoms with Crippen molar-refractivity contribution in [2.75, 3.05) is 20.2 Å². The van der Waals surface area contributed by atoms with Gasteiger partial charge in [-0.25, -0.2) is 4.79 Å². The van der Waals surface area contributed by atoms with Gasteiger partial charge in [-0.2, -0.15) is 0 Å². The lowest BCUT2D eigenvalue weighted by Crippen LogP contribution is -2.51. The number of piperidine rings is 1. The topological polar surface area (TPSA) is 68.7 Å². The summed E-state index contributed by atoms with van der Waals surface area (Å²) >= 11 is 0.